The van der Waals surface area contributed by atoms with Crippen LogP contribution in [0.4, 0.5) is 11.4 Å². The molecule has 0 bridgehead atoms. The number of anilines is 2. The molecular formula is C22H23ClN4O3S. The second-order valence-corrected chi connectivity index (χ2v) is 10.1. The predicted molar refractivity (Wildman–Crippen MR) is 122 cm³/mol. The summed E-state index contributed by atoms with van der Waals surface area (Å²) in [5.74, 6) is -0.509. The van der Waals surface area contributed by atoms with E-state index in [1.165, 1.54) is 35.5 Å². The van der Waals surface area contributed by atoms with Crippen molar-refractivity contribution < 1.29 is 13.2 Å². The molecule has 9 heteroatoms. The minimum atomic E-state index is -3.97. The summed E-state index contributed by atoms with van der Waals surface area (Å²) in [6.07, 6.45) is 4.41. The zero-order valence-corrected chi connectivity index (χ0v) is 19.2. The van der Waals surface area contributed by atoms with Crippen LogP contribution < -0.4 is 9.62 Å². The normalized spacial score (nSPS) is 11.8. The van der Waals surface area contributed by atoms with Crippen LogP contribution in [-0.2, 0) is 15.4 Å². The van der Waals surface area contributed by atoms with Crippen LogP contribution in [0.1, 0.15) is 36.8 Å². The number of hydrogen-bond donors (Lipinski definition) is 1. The summed E-state index contributed by atoms with van der Waals surface area (Å²) < 4.78 is 28.4. The molecule has 3 aromatic rings. The number of carbonyl (C=O) groups excluding carboxylic acids is 1. The summed E-state index contributed by atoms with van der Waals surface area (Å²) >= 11 is 6.03. The van der Waals surface area contributed by atoms with Gasteiger partial charge in [0.25, 0.3) is 15.9 Å². The average molecular weight is 459 g/mol. The number of benzene rings is 1. The molecule has 0 fully saturated rings. The molecule has 2 aromatic heterocycles. The van der Waals surface area contributed by atoms with Crippen LogP contribution in [0.15, 0.2) is 66.0 Å². The lowest BCUT2D eigenvalue weighted by molar-refractivity contribution is 0.0989. The molecule has 1 amide bonds. The number of carbonyl (C=O) groups is 1. The lowest BCUT2D eigenvalue weighted by Gasteiger charge is -2.20. The summed E-state index contributed by atoms with van der Waals surface area (Å²) in [7, 11) is -2.42. The van der Waals surface area contributed by atoms with Crippen LogP contribution in [-0.4, -0.2) is 31.3 Å². The van der Waals surface area contributed by atoms with Crippen LogP contribution in [0.25, 0.3) is 0 Å². The van der Waals surface area contributed by atoms with Crippen molar-refractivity contribution in [3.8, 4) is 0 Å². The molecule has 0 spiro atoms. The van der Waals surface area contributed by atoms with Gasteiger partial charge in [-0.15, -0.1) is 0 Å². The Balaban J connectivity index is 1.94. The van der Waals surface area contributed by atoms with Gasteiger partial charge in [0.1, 0.15) is 0 Å². The summed E-state index contributed by atoms with van der Waals surface area (Å²) in [5, 5.41) is 0.196. The van der Waals surface area contributed by atoms with Gasteiger partial charge in [-0.25, -0.2) is 13.4 Å². The lowest BCUT2D eigenvalue weighted by atomic mass is 9.87. The minimum absolute atomic E-state index is 0.00635. The molecule has 0 aliphatic heterocycles. The quantitative estimate of drug-likeness (QED) is 0.607. The highest BCUT2D eigenvalue weighted by atomic mass is 35.5. The van der Waals surface area contributed by atoms with Crippen molar-refractivity contribution in [1.29, 1.82) is 0 Å². The molecule has 0 saturated carbocycles. The van der Waals surface area contributed by atoms with E-state index < -0.39 is 15.9 Å². The maximum atomic E-state index is 13.0. The molecule has 0 unspecified atom stereocenters. The molecule has 1 aromatic carbocycles. The van der Waals surface area contributed by atoms with Gasteiger partial charge in [0, 0.05) is 19.4 Å². The first-order valence-corrected chi connectivity index (χ1v) is 11.3. The van der Waals surface area contributed by atoms with Crippen molar-refractivity contribution in [2.75, 3.05) is 16.7 Å². The van der Waals surface area contributed by atoms with Crippen LogP contribution in [0.2, 0.25) is 5.02 Å². The third-order valence-electron chi connectivity index (χ3n) is 4.67. The average Bonchev–Trinajstić information content (AvgIpc) is 2.73. The van der Waals surface area contributed by atoms with Gasteiger partial charge in [-0.3, -0.25) is 14.5 Å². The van der Waals surface area contributed by atoms with Crippen molar-refractivity contribution in [2.24, 2.45) is 0 Å². The highest BCUT2D eigenvalue weighted by molar-refractivity contribution is 7.92. The topological polar surface area (TPSA) is 92.3 Å². The van der Waals surface area contributed by atoms with Crippen LogP contribution in [0.5, 0.6) is 0 Å². The molecule has 31 heavy (non-hydrogen) atoms. The second-order valence-electron chi connectivity index (χ2n) is 8.00. The Morgan fingerprint density at radius 1 is 1.10 bits per heavy atom. The molecule has 3 rings (SSSR count). The first-order valence-electron chi connectivity index (χ1n) is 9.46. The van der Waals surface area contributed by atoms with Crippen molar-refractivity contribution in [3.05, 3.63) is 77.3 Å². The number of pyridine rings is 2. The standard InChI is InChI=1S/C22H23ClN4O3S/c1-22(2,3)15-7-9-18(10-8-15)31(29,30)26-19-12-16(23)13-25-20(19)21(28)27(4)17-6-5-11-24-14-17/h5-14,26H,1-4H3. The van der Waals surface area contributed by atoms with E-state index in [-0.39, 0.29) is 26.7 Å². The monoisotopic (exact) mass is 458 g/mol. The molecule has 0 radical (unpaired) electrons. The van der Waals surface area contributed by atoms with Gasteiger partial charge in [0.15, 0.2) is 5.69 Å². The van der Waals surface area contributed by atoms with E-state index in [1.54, 1.807) is 37.5 Å². The lowest BCUT2D eigenvalue weighted by Crippen LogP contribution is -2.28. The predicted octanol–water partition coefficient (Wildman–Crippen LogP) is 4.50. The maximum Gasteiger partial charge on any atom is 0.278 e. The molecule has 7 nitrogen and oxygen atoms in total. The van der Waals surface area contributed by atoms with E-state index in [1.807, 2.05) is 20.8 Å². The van der Waals surface area contributed by atoms with Gasteiger partial charge in [-0.05, 0) is 41.3 Å². The van der Waals surface area contributed by atoms with E-state index in [4.69, 9.17) is 11.6 Å². The number of halogens is 1. The molecule has 162 valence electrons. The summed E-state index contributed by atoms with van der Waals surface area (Å²) in [6, 6.07) is 11.4. The Morgan fingerprint density at radius 2 is 1.77 bits per heavy atom. The highest BCUT2D eigenvalue weighted by Crippen LogP contribution is 2.27. The fourth-order valence-electron chi connectivity index (χ4n) is 2.85. The fourth-order valence-corrected chi connectivity index (χ4v) is 4.07. The number of aromatic nitrogens is 2. The van der Waals surface area contributed by atoms with Crippen molar-refractivity contribution in [1.82, 2.24) is 9.97 Å². The minimum Gasteiger partial charge on any atom is -0.309 e. The maximum absolute atomic E-state index is 13.0. The highest BCUT2D eigenvalue weighted by Gasteiger charge is 2.24. The van der Waals surface area contributed by atoms with Gasteiger partial charge in [0.05, 0.1) is 27.5 Å². The van der Waals surface area contributed by atoms with Gasteiger partial charge < -0.3 is 4.90 Å². The molecule has 0 aliphatic carbocycles. The number of nitrogens with one attached hydrogen (secondary N) is 1. The zero-order valence-electron chi connectivity index (χ0n) is 17.6. The van der Waals surface area contributed by atoms with Gasteiger partial charge in [-0.1, -0.05) is 44.5 Å². The molecule has 2 heterocycles. The van der Waals surface area contributed by atoms with E-state index in [2.05, 4.69) is 14.7 Å². The smallest absolute Gasteiger partial charge is 0.278 e. The van der Waals surface area contributed by atoms with Gasteiger partial charge in [-0.2, -0.15) is 0 Å². The summed E-state index contributed by atoms with van der Waals surface area (Å²) in [4.78, 5) is 22.5. The Kier molecular flexibility index (Phi) is 6.33. The Labute approximate surface area is 187 Å². The molecule has 0 saturated heterocycles. The number of nitrogens with zero attached hydrogens (tertiary/aromatic N) is 3. The van der Waals surface area contributed by atoms with Crippen LogP contribution >= 0.6 is 11.6 Å². The Morgan fingerprint density at radius 3 is 2.35 bits per heavy atom. The SMILES string of the molecule is CN(C(=O)c1ncc(Cl)cc1NS(=O)(=O)c1ccc(C(C)(C)C)cc1)c1cccnc1. The van der Waals surface area contributed by atoms with Gasteiger partial charge >= 0.3 is 0 Å². The van der Waals surface area contributed by atoms with Crippen molar-refractivity contribution in [3.63, 3.8) is 0 Å². The Hall–Kier alpha value is -2.97. The third kappa shape index (κ3) is 5.21. The fraction of sp³-hybridized carbons (Fsp3) is 0.227. The number of sulfonamides is 1. The first kappa shape index (κ1) is 22.7. The number of rotatable bonds is 5. The molecule has 1 N–H and O–H groups in total. The largest absolute Gasteiger partial charge is 0.309 e. The Bertz CT molecular complexity index is 1190. The summed E-state index contributed by atoms with van der Waals surface area (Å²) in [6.45, 7) is 6.13. The number of amides is 1. The van der Waals surface area contributed by atoms with Gasteiger partial charge in [0.2, 0.25) is 0 Å². The first-order chi connectivity index (χ1) is 14.5. The number of hydrogen-bond acceptors (Lipinski definition) is 5. The van der Waals surface area contributed by atoms with E-state index >= 15 is 0 Å². The zero-order chi connectivity index (χ0) is 22.8. The molecular weight excluding hydrogens is 436 g/mol. The molecule has 0 atom stereocenters. The third-order valence-corrected chi connectivity index (χ3v) is 6.26. The van der Waals surface area contributed by atoms with E-state index in [9.17, 15) is 13.2 Å². The van der Waals surface area contributed by atoms with Crippen molar-refractivity contribution in [2.45, 2.75) is 31.1 Å². The molecule has 0 aliphatic rings. The van der Waals surface area contributed by atoms with Crippen molar-refractivity contribution >= 4 is 38.9 Å². The second kappa shape index (κ2) is 8.64. The van der Waals surface area contributed by atoms with Crippen LogP contribution in [0.3, 0.4) is 0 Å². The van der Waals surface area contributed by atoms with Crippen LogP contribution in [0, 0.1) is 0 Å². The van der Waals surface area contributed by atoms with E-state index in [0.29, 0.717) is 5.69 Å². The summed E-state index contributed by atoms with van der Waals surface area (Å²) in [5.41, 5.74) is 1.35. The van der Waals surface area contributed by atoms with E-state index in [0.717, 1.165) is 5.56 Å².